The molecule has 2 atom stereocenters. The van der Waals surface area contributed by atoms with Gasteiger partial charge in [0.15, 0.2) is 0 Å². The van der Waals surface area contributed by atoms with Crippen molar-refractivity contribution in [3.8, 4) is 5.75 Å². The number of benzene rings is 1. The average molecular weight is 328 g/mol. The zero-order chi connectivity index (χ0) is 17.0. The molecule has 0 spiro atoms. The van der Waals surface area contributed by atoms with Crippen molar-refractivity contribution in [2.24, 2.45) is 5.92 Å². The Morgan fingerprint density at radius 2 is 1.96 bits per heavy atom. The first kappa shape index (κ1) is 17.1. The van der Waals surface area contributed by atoms with Crippen molar-refractivity contribution in [3.63, 3.8) is 0 Å². The number of aliphatic hydroxyl groups is 1. The molecule has 130 valence electrons. The maximum atomic E-state index is 9.74. The SMILES string of the molecule is COC1=CCC2CC(CCO)(c3ccc(OC)cc3)CCCC2=C1. The van der Waals surface area contributed by atoms with Crippen LogP contribution in [0, 0.1) is 5.92 Å². The molecule has 1 aromatic rings. The molecule has 1 fully saturated rings. The molecule has 2 aliphatic rings. The second-order valence-electron chi connectivity index (χ2n) is 7.00. The van der Waals surface area contributed by atoms with Gasteiger partial charge in [-0.2, -0.15) is 0 Å². The molecule has 1 N–H and O–H groups in total. The highest BCUT2D eigenvalue weighted by molar-refractivity contribution is 5.35. The quantitative estimate of drug-likeness (QED) is 0.872. The second-order valence-corrected chi connectivity index (χ2v) is 7.00. The third kappa shape index (κ3) is 3.36. The Kier molecular flexibility index (Phi) is 5.30. The van der Waals surface area contributed by atoms with Gasteiger partial charge in [0.1, 0.15) is 11.5 Å². The second kappa shape index (κ2) is 7.43. The van der Waals surface area contributed by atoms with E-state index in [0.717, 1.165) is 50.0 Å². The molecule has 24 heavy (non-hydrogen) atoms. The van der Waals surface area contributed by atoms with Gasteiger partial charge in [-0.25, -0.2) is 0 Å². The number of aliphatic hydroxyl groups excluding tert-OH is 1. The molecule has 1 saturated carbocycles. The van der Waals surface area contributed by atoms with Crippen LogP contribution in [0.3, 0.4) is 0 Å². The summed E-state index contributed by atoms with van der Waals surface area (Å²) in [6, 6.07) is 8.45. The van der Waals surface area contributed by atoms with Crippen molar-refractivity contribution >= 4 is 0 Å². The van der Waals surface area contributed by atoms with Gasteiger partial charge in [0, 0.05) is 6.61 Å². The lowest BCUT2D eigenvalue weighted by atomic mass is 9.69. The summed E-state index contributed by atoms with van der Waals surface area (Å²) in [6.45, 7) is 0.233. The van der Waals surface area contributed by atoms with Crippen LogP contribution in [-0.2, 0) is 10.2 Å². The van der Waals surface area contributed by atoms with Crippen LogP contribution in [0.4, 0.5) is 0 Å². The number of rotatable bonds is 5. The molecule has 1 aromatic carbocycles. The van der Waals surface area contributed by atoms with E-state index < -0.39 is 0 Å². The highest BCUT2D eigenvalue weighted by atomic mass is 16.5. The van der Waals surface area contributed by atoms with Crippen molar-refractivity contribution in [1.29, 1.82) is 0 Å². The third-order valence-electron chi connectivity index (χ3n) is 5.74. The van der Waals surface area contributed by atoms with Crippen molar-refractivity contribution in [3.05, 3.63) is 53.3 Å². The predicted molar refractivity (Wildman–Crippen MR) is 96.1 cm³/mol. The molecule has 0 heterocycles. The summed E-state index contributed by atoms with van der Waals surface area (Å²) in [5.74, 6) is 2.44. The minimum Gasteiger partial charge on any atom is -0.497 e. The van der Waals surface area contributed by atoms with Gasteiger partial charge in [-0.15, -0.1) is 0 Å². The molecule has 0 radical (unpaired) electrons. The summed E-state index contributed by atoms with van der Waals surface area (Å²) in [5, 5.41) is 9.74. The van der Waals surface area contributed by atoms with Gasteiger partial charge in [0.05, 0.1) is 14.2 Å². The molecule has 3 nitrogen and oxygen atoms in total. The summed E-state index contributed by atoms with van der Waals surface area (Å²) in [4.78, 5) is 0. The molecular weight excluding hydrogens is 300 g/mol. The van der Waals surface area contributed by atoms with E-state index in [4.69, 9.17) is 9.47 Å². The Balaban J connectivity index is 1.90. The van der Waals surface area contributed by atoms with E-state index >= 15 is 0 Å². The van der Waals surface area contributed by atoms with Gasteiger partial charge in [-0.1, -0.05) is 17.7 Å². The minimum absolute atomic E-state index is 0.0553. The first-order valence-corrected chi connectivity index (χ1v) is 8.91. The molecule has 0 saturated heterocycles. The number of methoxy groups -OCH3 is 2. The molecule has 0 bridgehead atoms. The van der Waals surface area contributed by atoms with E-state index in [-0.39, 0.29) is 12.0 Å². The summed E-state index contributed by atoms with van der Waals surface area (Å²) >= 11 is 0. The zero-order valence-corrected chi connectivity index (χ0v) is 14.8. The number of allylic oxidation sites excluding steroid dienone is 3. The fraction of sp³-hybridized carbons (Fsp3) is 0.524. The van der Waals surface area contributed by atoms with Gasteiger partial charge in [-0.3, -0.25) is 0 Å². The molecule has 0 aliphatic heterocycles. The van der Waals surface area contributed by atoms with E-state index in [0.29, 0.717) is 5.92 Å². The standard InChI is InChI=1S/C21H28O3/c1-23-19-9-6-18(7-10-19)21(12-13-22)11-3-4-16-14-20(24-2)8-5-17(16)15-21/h6-10,14,17,22H,3-5,11-13,15H2,1-2H3. The van der Waals surface area contributed by atoms with Crippen LogP contribution in [0.2, 0.25) is 0 Å². The fourth-order valence-corrected chi connectivity index (χ4v) is 4.40. The Morgan fingerprint density at radius 3 is 2.62 bits per heavy atom. The van der Waals surface area contributed by atoms with Crippen LogP contribution in [-0.4, -0.2) is 25.9 Å². The monoisotopic (exact) mass is 328 g/mol. The first-order valence-electron chi connectivity index (χ1n) is 8.91. The highest BCUT2D eigenvalue weighted by Gasteiger charge is 2.38. The van der Waals surface area contributed by atoms with E-state index in [1.165, 1.54) is 11.1 Å². The van der Waals surface area contributed by atoms with Crippen LogP contribution in [0.5, 0.6) is 5.75 Å². The predicted octanol–water partition coefficient (Wildman–Crippen LogP) is 4.37. The van der Waals surface area contributed by atoms with Crippen molar-refractivity contribution in [2.45, 2.75) is 43.9 Å². The van der Waals surface area contributed by atoms with Crippen molar-refractivity contribution in [2.75, 3.05) is 20.8 Å². The van der Waals surface area contributed by atoms with Gasteiger partial charge in [0.25, 0.3) is 0 Å². The van der Waals surface area contributed by atoms with Crippen molar-refractivity contribution in [1.82, 2.24) is 0 Å². The topological polar surface area (TPSA) is 38.7 Å². The van der Waals surface area contributed by atoms with Gasteiger partial charge in [-0.05, 0) is 79.7 Å². The van der Waals surface area contributed by atoms with Crippen LogP contribution in [0.25, 0.3) is 0 Å². The number of ether oxygens (including phenoxy) is 2. The smallest absolute Gasteiger partial charge is 0.118 e. The van der Waals surface area contributed by atoms with Crippen LogP contribution in [0.15, 0.2) is 47.7 Å². The maximum Gasteiger partial charge on any atom is 0.118 e. The molecule has 2 unspecified atom stereocenters. The summed E-state index contributed by atoms with van der Waals surface area (Å²) < 4.78 is 10.7. The lowest BCUT2D eigenvalue weighted by Gasteiger charge is -2.36. The maximum absolute atomic E-state index is 9.74. The number of fused-ring (bicyclic) bond motifs is 1. The average Bonchev–Trinajstić information content (AvgIpc) is 2.81. The normalized spacial score (nSPS) is 26.7. The van der Waals surface area contributed by atoms with E-state index in [1.54, 1.807) is 14.2 Å². The molecule has 3 rings (SSSR count). The largest absolute Gasteiger partial charge is 0.497 e. The minimum atomic E-state index is 0.0553. The molecule has 0 aromatic heterocycles. The summed E-state index contributed by atoms with van der Waals surface area (Å²) in [7, 11) is 3.44. The number of hydrogen-bond donors (Lipinski definition) is 1. The van der Waals surface area contributed by atoms with Crippen LogP contribution >= 0.6 is 0 Å². The Morgan fingerprint density at radius 1 is 1.17 bits per heavy atom. The first-order chi connectivity index (χ1) is 11.7. The van der Waals surface area contributed by atoms with Gasteiger partial charge in [0.2, 0.25) is 0 Å². The van der Waals surface area contributed by atoms with E-state index in [9.17, 15) is 5.11 Å². The molecule has 2 aliphatic carbocycles. The highest BCUT2D eigenvalue weighted by Crippen LogP contribution is 2.47. The third-order valence-corrected chi connectivity index (χ3v) is 5.74. The molecule has 0 amide bonds. The van der Waals surface area contributed by atoms with Crippen LogP contribution < -0.4 is 4.74 Å². The molecule has 3 heteroatoms. The molecular formula is C21H28O3. The van der Waals surface area contributed by atoms with E-state index in [1.807, 2.05) is 12.1 Å². The van der Waals surface area contributed by atoms with E-state index in [2.05, 4.69) is 24.3 Å². The summed E-state index contributed by atoms with van der Waals surface area (Å²) in [6.07, 6.45) is 10.8. The Labute approximate surface area is 145 Å². The summed E-state index contributed by atoms with van der Waals surface area (Å²) in [5.41, 5.74) is 2.91. The lowest BCUT2D eigenvalue weighted by Crippen LogP contribution is -2.30. The fourth-order valence-electron chi connectivity index (χ4n) is 4.40. The zero-order valence-electron chi connectivity index (χ0n) is 14.8. The Hall–Kier alpha value is -1.74. The van der Waals surface area contributed by atoms with Crippen molar-refractivity contribution < 1.29 is 14.6 Å². The van der Waals surface area contributed by atoms with Gasteiger partial charge < -0.3 is 14.6 Å². The number of hydrogen-bond acceptors (Lipinski definition) is 3. The lowest BCUT2D eigenvalue weighted by molar-refractivity contribution is 0.210. The van der Waals surface area contributed by atoms with Gasteiger partial charge >= 0.3 is 0 Å². The van der Waals surface area contributed by atoms with Crippen LogP contribution in [0.1, 0.15) is 44.1 Å². The Bertz CT molecular complexity index is 614.